The van der Waals surface area contributed by atoms with E-state index in [1.165, 1.54) is 0 Å². The lowest BCUT2D eigenvalue weighted by molar-refractivity contribution is 0.101. The molecule has 1 aliphatic heterocycles. The molecule has 0 spiro atoms. The van der Waals surface area contributed by atoms with Crippen molar-refractivity contribution in [3.63, 3.8) is 0 Å². The molecule has 0 bridgehead atoms. The van der Waals surface area contributed by atoms with Crippen LogP contribution in [0.15, 0.2) is 66.4 Å². The Kier molecular flexibility index (Phi) is 5.63. The third kappa shape index (κ3) is 4.11. The van der Waals surface area contributed by atoms with Crippen LogP contribution in [0.3, 0.4) is 0 Å². The van der Waals surface area contributed by atoms with Gasteiger partial charge in [-0.05, 0) is 53.6 Å². The highest BCUT2D eigenvalue weighted by Crippen LogP contribution is 2.36. The lowest BCUT2D eigenvalue weighted by Crippen LogP contribution is -1.98. The van der Waals surface area contributed by atoms with Crippen LogP contribution in [0.1, 0.15) is 21.5 Å². The molecule has 6 heteroatoms. The third-order valence-corrected chi connectivity index (χ3v) is 4.92. The molecule has 0 radical (unpaired) electrons. The van der Waals surface area contributed by atoms with Crippen molar-refractivity contribution < 1.29 is 23.7 Å². The molecule has 0 unspecified atom stereocenters. The molecule has 30 heavy (non-hydrogen) atoms. The minimum atomic E-state index is -0.177. The summed E-state index contributed by atoms with van der Waals surface area (Å²) in [6, 6.07) is 18.0. The second-order valence-corrected chi connectivity index (χ2v) is 7.06. The number of Topliss-reactive ketones (excluding diaryl/α,β-unsaturated/α-hetero) is 1. The highest BCUT2D eigenvalue weighted by Gasteiger charge is 2.27. The Hall–Kier alpha value is -3.44. The van der Waals surface area contributed by atoms with Gasteiger partial charge in [-0.25, -0.2) is 0 Å². The first-order valence-electron chi connectivity index (χ1n) is 9.25. The van der Waals surface area contributed by atoms with E-state index < -0.39 is 0 Å². The second-order valence-electron chi connectivity index (χ2n) is 6.63. The smallest absolute Gasteiger partial charge is 0.231 e. The summed E-state index contributed by atoms with van der Waals surface area (Å²) in [5.74, 6) is 2.34. The van der Waals surface area contributed by atoms with Crippen molar-refractivity contribution in [2.75, 3.05) is 14.2 Å². The topological polar surface area (TPSA) is 54.0 Å². The summed E-state index contributed by atoms with van der Waals surface area (Å²) >= 11 is 5.90. The van der Waals surface area contributed by atoms with Crippen molar-refractivity contribution in [3.8, 4) is 23.0 Å². The zero-order chi connectivity index (χ0) is 21.1. The van der Waals surface area contributed by atoms with Gasteiger partial charge in [0.15, 0.2) is 17.3 Å². The van der Waals surface area contributed by atoms with Crippen molar-refractivity contribution in [1.82, 2.24) is 0 Å². The maximum Gasteiger partial charge on any atom is 0.231 e. The van der Waals surface area contributed by atoms with Crippen molar-refractivity contribution in [3.05, 3.63) is 88.1 Å². The molecule has 3 aromatic rings. The summed E-state index contributed by atoms with van der Waals surface area (Å²) < 4.78 is 22.2. The van der Waals surface area contributed by atoms with Crippen LogP contribution < -0.4 is 18.9 Å². The van der Waals surface area contributed by atoms with Gasteiger partial charge >= 0.3 is 0 Å². The zero-order valence-corrected chi connectivity index (χ0v) is 17.2. The standard InChI is InChI=1S/C24H19ClO5/c1-27-20-10-5-16(11-22(20)28-2)12-23-24(26)19-9-8-18(13-21(19)30-23)29-14-15-3-6-17(25)7-4-15/h3-13H,14H2,1-2H3/b23-12-. The number of benzene rings is 3. The first-order chi connectivity index (χ1) is 14.6. The molecule has 5 nitrogen and oxygen atoms in total. The Bertz CT molecular complexity index is 1120. The average molecular weight is 423 g/mol. The number of ketones is 1. The molecule has 0 amide bonds. The predicted molar refractivity (Wildman–Crippen MR) is 115 cm³/mol. The van der Waals surface area contributed by atoms with Crippen molar-refractivity contribution in [2.45, 2.75) is 6.61 Å². The maximum absolute atomic E-state index is 12.7. The Morgan fingerprint density at radius 1 is 0.933 bits per heavy atom. The van der Waals surface area contributed by atoms with Gasteiger partial charge in [0.25, 0.3) is 0 Å². The maximum atomic E-state index is 12.7. The number of hydrogen-bond donors (Lipinski definition) is 0. The number of rotatable bonds is 6. The van der Waals surface area contributed by atoms with Gasteiger partial charge < -0.3 is 18.9 Å². The van der Waals surface area contributed by atoms with Crippen molar-refractivity contribution in [2.24, 2.45) is 0 Å². The summed E-state index contributed by atoms with van der Waals surface area (Å²) in [4.78, 5) is 12.7. The number of hydrogen-bond acceptors (Lipinski definition) is 5. The fraction of sp³-hybridized carbons (Fsp3) is 0.125. The summed E-state index contributed by atoms with van der Waals surface area (Å²) in [5, 5.41) is 0.678. The summed E-state index contributed by atoms with van der Waals surface area (Å²) in [6.45, 7) is 0.387. The van der Waals surface area contributed by atoms with E-state index in [-0.39, 0.29) is 11.5 Å². The van der Waals surface area contributed by atoms with E-state index in [9.17, 15) is 4.79 Å². The monoisotopic (exact) mass is 422 g/mol. The highest BCUT2D eigenvalue weighted by molar-refractivity contribution is 6.30. The largest absolute Gasteiger partial charge is 0.493 e. The van der Waals surface area contributed by atoms with Crippen LogP contribution in [0, 0.1) is 0 Å². The van der Waals surface area contributed by atoms with Gasteiger partial charge in [-0.15, -0.1) is 0 Å². The first-order valence-corrected chi connectivity index (χ1v) is 9.63. The van der Waals surface area contributed by atoms with Gasteiger partial charge in [-0.2, -0.15) is 0 Å². The second kappa shape index (κ2) is 8.51. The number of fused-ring (bicyclic) bond motifs is 1. The normalized spacial score (nSPS) is 13.7. The van der Waals surface area contributed by atoms with Crippen LogP contribution in [-0.2, 0) is 6.61 Å². The number of carbonyl (C=O) groups excluding carboxylic acids is 1. The number of methoxy groups -OCH3 is 2. The molecule has 0 saturated carbocycles. The molecule has 0 aromatic heterocycles. The first kappa shape index (κ1) is 19.9. The van der Waals surface area contributed by atoms with Gasteiger partial charge in [0.2, 0.25) is 5.78 Å². The molecule has 1 heterocycles. The fourth-order valence-electron chi connectivity index (χ4n) is 3.10. The quantitative estimate of drug-likeness (QED) is 0.487. The number of halogens is 1. The number of carbonyl (C=O) groups is 1. The molecule has 0 aliphatic carbocycles. The molecule has 0 fully saturated rings. The van der Waals surface area contributed by atoms with Crippen LogP contribution in [0.5, 0.6) is 23.0 Å². The molecular weight excluding hydrogens is 404 g/mol. The molecular formula is C24H19ClO5. The summed E-state index contributed by atoms with van der Waals surface area (Å²) in [6.07, 6.45) is 1.68. The third-order valence-electron chi connectivity index (χ3n) is 4.67. The Balaban J connectivity index is 1.51. The minimum absolute atomic E-state index is 0.177. The average Bonchev–Trinajstić information content (AvgIpc) is 3.07. The van der Waals surface area contributed by atoms with Crippen LogP contribution in [0.25, 0.3) is 6.08 Å². The molecule has 0 N–H and O–H groups in total. The molecule has 0 saturated heterocycles. The van der Waals surface area contributed by atoms with Crippen molar-refractivity contribution >= 4 is 23.5 Å². The molecule has 0 atom stereocenters. The van der Waals surface area contributed by atoms with Crippen molar-refractivity contribution in [1.29, 1.82) is 0 Å². The zero-order valence-electron chi connectivity index (χ0n) is 16.5. The fourth-order valence-corrected chi connectivity index (χ4v) is 3.22. The van der Waals surface area contributed by atoms with E-state index in [1.54, 1.807) is 50.6 Å². The van der Waals surface area contributed by atoms with Gasteiger partial charge in [0.1, 0.15) is 18.1 Å². The minimum Gasteiger partial charge on any atom is -0.493 e. The Labute approximate surface area is 179 Å². The van der Waals surface area contributed by atoms with Crippen LogP contribution in [0.4, 0.5) is 0 Å². The van der Waals surface area contributed by atoms with Gasteiger partial charge in [-0.3, -0.25) is 4.79 Å². The number of allylic oxidation sites excluding steroid dienone is 1. The van der Waals surface area contributed by atoms with E-state index in [0.717, 1.165) is 11.1 Å². The summed E-state index contributed by atoms with van der Waals surface area (Å²) in [5.41, 5.74) is 2.26. The van der Waals surface area contributed by atoms with E-state index in [2.05, 4.69) is 0 Å². The van der Waals surface area contributed by atoms with Crippen LogP contribution >= 0.6 is 11.6 Å². The van der Waals surface area contributed by atoms with E-state index in [4.69, 9.17) is 30.5 Å². The van der Waals surface area contributed by atoms with Gasteiger partial charge in [0, 0.05) is 11.1 Å². The van der Waals surface area contributed by atoms with Crippen LogP contribution in [-0.4, -0.2) is 20.0 Å². The van der Waals surface area contributed by atoms with Gasteiger partial charge in [-0.1, -0.05) is 29.8 Å². The molecule has 152 valence electrons. The highest BCUT2D eigenvalue weighted by atomic mass is 35.5. The SMILES string of the molecule is COc1ccc(/C=C2\Oc3cc(OCc4ccc(Cl)cc4)ccc3C2=O)cc1OC. The lowest BCUT2D eigenvalue weighted by atomic mass is 10.1. The molecule has 1 aliphatic rings. The Morgan fingerprint density at radius 3 is 2.43 bits per heavy atom. The van der Waals surface area contributed by atoms with Crippen LogP contribution in [0.2, 0.25) is 5.02 Å². The van der Waals surface area contributed by atoms with Gasteiger partial charge in [0.05, 0.1) is 19.8 Å². The Morgan fingerprint density at radius 2 is 1.70 bits per heavy atom. The predicted octanol–water partition coefficient (Wildman–Crippen LogP) is 5.55. The van der Waals surface area contributed by atoms with E-state index in [0.29, 0.717) is 40.2 Å². The number of ether oxygens (including phenoxy) is 4. The molecule has 4 rings (SSSR count). The molecule has 3 aromatic carbocycles. The lowest BCUT2D eigenvalue weighted by Gasteiger charge is -2.08. The van der Waals surface area contributed by atoms with E-state index in [1.807, 2.05) is 30.3 Å². The van der Waals surface area contributed by atoms with E-state index >= 15 is 0 Å². The summed E-state index contributed by atoms with van der Waals surface area (Å²) in [7, 11) is 3.14.